The van der Waals surface area contributed by atoms with Crippen molar-refractivity contribution in [3.63, 3.8) is 0 Å². The summed E-state index contributed by atoms with van der Waals surface area (Å²) in [6.45, 7) is 0.0845. The van der Waals surface area contributed by atoms with Crippen molar-refractivity contribution < 1.29 is 9.59 Å². The first-order chi connectivity index (χ1) is 8.66. The number of nitrogens with one attached hydrogen (secondary N) is 1. The Morgan fingerprint density at radius 1 is 1.33 bits per heavy atom. The van der Waals surface area contributed by atoms with E-state index in [-0.39, 0.29) is 24.4 Å². The number of rotatable bonds is 3. The highest BCUT2D eigenvalue weighted by atomic mass is 32.2. The highest BCUT2D eigenvalue weighted by Crippen LogP contribution is 2.19. The number of thioether (sulfide) groups is 1. The third-order valence-corrected chi connectivity index (χ3v) is 4.80. The van der Waals surface area contributed by atoms with Gasteiger partial charge in [0.05, 0.1) is 5.75 Å². The fraction of sp³-hybridized carbons (Fsp3) is 0.750. The third-order valence-electron chi connectivity index (χ3n) is 3.36. The van der Waals surface area contributed by atoms with E-state index in [2.05, 4.69) is 5.32 Å². The molecule has 2 aliphatic rings. The number of carbonyl (C=O) groups excluding carboxylic acids is 2. The molecular formula is C12H18N2O2S2. The predicted molar refractivity (Wildman–Crippen MR) is 76.4 cm³/mol. The van der Waals surface area contributed by atoms with Gasteiger partial charge in [-0.3, -0.25) is 14.5 Å². The quantitative estimate of drug-likeness (QED) is 0.633. The van der Waals surface area contributed by atoms with Crippen molar-refractivity contribution >= 4 is 40.1 Å². The summed E-state index contributed by atoms with van der Waals surface area (Å²) in [6, 6.07) is 0.277. The molecule has 6 heteroatoms. The Labute approximate surface area is 117 Å². The van der Waals surface area contributed by atoms with Crippen LogP contribution in [0.1, 0.15) is 38.5 Å². The Balaban J connectivity index is 1.80. The molecule has 1 heterocycles. The van der Waals surface area contributed by atoms with Crippen molar-refractivity contribution in [1.82, 2.24) is 10.2 Å². The zero-order valence-corrected chi connectivity index (χ0v) is 11.9. The third kappa shape index (κ3) is 3.68. The van der Waals surface area contributed by atoms with Crippen molar-refractivity contribution in [2.45, 2.75) is 44.6 Å². The number of carbonyl (C=O) groups is 2. The molecule has 0 aromatic rings. The molecule has 0 atom stereocenters. The van der Waals surface area contributed by atoms with E-state index in [9.17, 15) is 9.59 Å². The largest absolute Gasteiger partial charge is 0.352 e. The summed E-state index contributed by atoms with van der Waals surface area (Å²) in [5, 5.41) is 3.03. The number of hydrogen-bond donors (Lipinski definition) is 1. The van der Waals surface area contributed by atoms with Crippen LogP contribution in [0.5, 0.6) is 0 Å². The molecule has 1 N–H and O–H groups in total. The smallest absolute Gasteiger partial charge is 0.240 e. The lowest BCUT2D eigenvalue weighted by Crippen LogP contribution is -2.43. The SMILES string of the molecule is O=C(CN1C(=O)CSC1=S)NC1CCCCCC1. The lowest BCUT2D eigenvalue weighted by Gasteiger charge is -2.19. The lowest BCUT2D eigenvalue weighted by molar-refractivity contribution is -0.130. The normalized spacial score (nSPS) is 22.1. The summed E-state index contributed by atoms with van der Waals surface area (Å²) in [5.41, 5.74) is 0. The highest BCUT2D eigenvalue weighted by molar-refractivity contribution is 8.23. The minimum Gasteiger partial charge on any atom is -0.352 e. The molecule has 1 saturated heterocycles. The van der Waals surface area contributed by atoms with Gasteiger partial charge in [-0.25, -0.2) is 0 Å². The van der Waals surface area contributed by atoms with Crippen molar-refractivity contribution in [1.29, 1.82) is 0 Å². The van der Waals surface area contributed by atoms with Gasteiger partial charge in [0.2, 0.25) is 11.8 Å². The summed E-state index contributed by atoms with van der Waals surface area (Å²) < 4.78 is 0.524. The molecule has 1 saturated carbocycles. The molecule has 0 radical (unpaired) electrons. The summed E-state index contributed by atoms with van der Waals surface area (Å²) in [7, 11) is 0. The van der Waals surface area contributed by atoms with Gasteiger partial charge in [-0.15, -0.1) is 0 Å². The van der Waals surface area contributed by atoms with Gasteiger partial charge >= 0.3 is 0 Å². The van der Waals surface area contributed by atoms with Gasteiger partial charge in [0.15, 0.2) is 0 Å². The maximum atomic E-state index is 11.9. The zero-order valence-electron chi connectivity index (χ0n) is 10.3. The van der Waals surface area contributed by atoms with Crippen molar-refractivity contribution in [2.75, 3.05) is 12.3 Å². The molecular weight excluding hydrogens is 268 g/mol. The van der Waals surface area contributed by atoms with E-state index in [1.54, 1.807) is 0 Å². The monoisotopic (exact) mass is 286 g/mol. The Kier molecular flexibility index (Phi) is 5.00. The van der Waals surface area contributed by atoms with Crippen molar-refractivity contribution in [3.8, 4) is 0 Å². The summed E-state index contributed by atoms with van der Waals surface area (Å²) in [6.07, 6.45) is 7.00. The molecule has 4 nitrogen and oxygen atoms in total. The Morgan fingerprint density at radius 3 is 2.56 bits per heavy atom. The molecule has 0 aromatic heterocycles. The number of nitrogens with zero attached hydrogens (tertiary/aromatic N) is 1. The van der Waals surface area contributed by atoms with E-state index in [0.29, 0.717) is 10.1 Å². The van der Waals surface area contributed by atoms with E-state index < -0.39 is 0 Å². The second-order valence-electron chi connectivity index (χ2n) is 4.79. The molecule has 1 aliphatic heterocycles. The first-order valence-electron chi connectivity index (χ1n) is 6.43. The summed E-state index contributed by atoms with van der Waals surface area (Å²) in [5.74, 6) is 0.233. The van der Waals surface area contributed by atoms with Crippen LogP contribution in [0.4, 0.5) is 0 Å². The molecule has 0 spiro atoms. The van der Waals surface area contributed by atoms with Crippen LogP contribution in [-0.2, 0) is 9.59 Å². The predicted octanol–water partition coefficient (Wildman–Crippen LogP) is 1.69. The van der Waals surface area contributed by atoms with Crippen LogP contribution in [0, 0.1) is 0 Å². The fourth-order valence-corrected chi connectivity index (χ4v) is 3.44. The maximum absolute atomic E-state index is 11.9. The van der Waals surface area contributed by atoms with Crippen LogP contribution >= 0.6 is 24.0 Å². The maximum Gasteiger partial charge on any atom is 0.240 e. The topological polar surface area (TPSA) is 49.4 Å². The molecule has 18 heavy (non-hydrogen) atoms. The molecule has 100 valence electrons. The van der Waals surface area contributed by atoms with Crippen LogP contribution in [0.2, 0.25) is 0 Å². The van der Waals surface area contributed by atoms with E-state index >= 15 is 0 Å². The number of amides is 2. The first-order valence-corrected chi connectivity index (χ1v) is 7.82. The van der Waals surface area contributed by atoms with Gasteiger partial charge in [-0.2, -0.15) is 0 Å². The molecule has 1 aliphatic carbocycles. The Bertz CT molecular complexity index is 336. The standard InChI is InChI=1S/C12H18N2O2S2/c15-10(7-14-11(16)8-18-12(14)17)13-9-5-3-1-2-4-6-9/h9H,1-8H2,(H,13,15). The van der Waals surface area contributed by atoms with Crippen LogP contribution < -0.4 is 5.32 Å². The molecule has 0 bridgehead atoms. The second-order valence-corrected chi connectivity index (χ2v) is 6.40. The number of hydrogen-bond acceptors (Lipinski definition) is 4. The molecule has 0 aromatic carbocycles. The molecule has 2 rings (SSSR count). The van der Waals surface area contributed by atoms with Crippen molar-refractivity contribution in [2.24, 2.45) is 0 Å². The van der Waals surface area contributed by atoms with Crippen LogP contribution in [0.15, 0.2) is 0 Å². The van der Waals surface area contributed by atoms with Crippen LogP contribution in [-0.4, -0.2) is 39.4 Å². The van der Waals surface area contributed by atoms with Crippen molar-refractivity contribution in [3.05, 3.63) is 0 Å². The lowest BCUT2D eigenvalue weighted by atomic mass is 10.1. The minimum absolute atomic E-state index is 0.0546. The van der Waals surface area contributed by atoms with Crippen LogP contribution in [0.3, 0.4) is 0 Å². The van der Waals surface area contributed by atoms with Gasteiger partial charge in [-0.05, 0) is 12.8 Å². The Morgan fingerprint density at radius 2 is 2.00 bits per heavy atom. The molecule has 0 unspecified atom stereocenters. The molecule has 2 fully saturated rings. The van der Waals surface area contributed by atoms with Crippen LogP contribution in [0.25, 0.3) is 0 Å². The highest BCUT2D eigenvalue weighted by Gasteiger charge is 2.28. The van der Waals surface area contributed by atoms with Gasteiger partial charge in [0.25, 0.3) is 0 Å². The van der Waals surface area contributed by atoms with E-state index in [1.165, 1.54) is 42.3 Å². The number of thiocarbonyl (C=S) groups is 1. The van der Waals surface area contributed by atoms with E-state index in [1.807, 2.05) is 0 Å². The fourth-order valence-electron chi connectivity index (χ4n) is 2.37. The zero-order chi connectivity index (χ0) is 13.0. The van der Waals surface area contributed by atoms with Gasteiger partial charge in [0, 0.05) is 6.04 Å². The summed E-state index contributed by atoms with van der Waals surface area (Å²) in [4.78, 5) is 24.8. The summed E-state index contributed by atoms with van der Waals surface area (Å²) >= 11 is 6.38. The average molecular weight is 286 g/mol. The van der Waals surface area contributed by atoms with Gasteiger partial charge in [0.1, 0.15) is 10.9 Å². The van der Waals surface area contributed by atoms with E-state index in [0.717, 1.165) is 12.8 Å². The Hall–Kier alpha value is -0.620. The first kappa shape index (κ1) is 13.8. The van der Waals surface area contributed by atoms with Gasteiger partial charge < -0.3 is 5.32 Å². The average Bonchev–Trinajstić information content (AvgIpc) is 2.59. The van der Waals surface area contributed by atoms with Gasteiger partial charge in [-0.1, -0.05) is 49.7 Å². The second kappa shape index (κ2) is 6.52. The molecule has 2 amide bonds. The minimum atomic E-state index is -0.0832. The van der Waals surface area contributed by atoms with E-state index in [4.69, 9.17) is 12.2 Å².